The lowest BCUT2D eigenvalue weighted by atomic mass is 9.85. The van der Waals surface area contributed by atoms with Gasteiger partial charge in [-0.15, -0.1) is 0 Å². The molecule has 4 N–H and O–H groups in total. The molecule has 10 heteroatoms. The molecule has 1 amide bonds. The van der Waals surface area contributed by atoms with Crippen molar-refractivity contribution in [2.45, 2.75) is 116 Å². The lowest BCUT2D eigenvalue weighted by Gasteiger charge is -2.45. The van der Waals surface area contributed by atoms with Crippen molar-refractivity contribution >= 4 is 5.91 Å². The normalized spacial score (nSPS) is 32.8. The molecule has 0 radical (unpaired) electrons. The van der Waals surface area contributed by atoms with Crippen molar-refractivity contribution in [3.63, 3.8) is 0 Å². The van der Waals surface area contributed by atoms with Crippen molar-refractivity contribution in [1.82, 2.24) is 10.2 Å². The van der Waals surface area contributed by atoms with Gasteiger partial charge in [0.2, 0.25) is 5.91 Å². The molecular weight excluding hydrogens is 456 g/mol. The quantitative estimate of drug-likeness (QED) is 0.375. The van der Waals surface area contributed by atoms with Gasteiger partial charge >= 0.3 is 5.82 Å². The maximum absolute atomic E-state index is 13.6. The van der Waals surface area contributed by atoms with Gasteiger partial charge < -0.3 is 34.2 Å². The standard InChI is InChI=1S/C25H42N2O8/c1-6-8-15-10-16(27(11-15)12-18-14(5)33-25(32)35-18)24(31)26-19(13(3)4)23-22(30)21(29)20(28)17(34-23)9-7-2/h13,15-17,19-23,28-30H,6-12H2,1-5H3,(H,26,31)/t15-,16-,17+,19+,20-,21+,22+,23+/m0/s1. The van der Waals surface area contributed by atoms with Crippen molar-refractivity contribution in [3.8, 4) is 0 Å². The van der Waals surface area contributed by atoms with Crippen LogP contribution in [0, 0.1) is 18.8 Å². The van der Waals surface area contributed by atoms with E-state index in [0.29, 0.717) is 36.8 Å². The van der Waals surface area contributed by atoms with Crippen LogP contribution in [0.25, 0.3) is 0 Å². The third-order valence-electron chi connectivity index (χ3n) is 7.38. The fourth-order valence-electron chi connectivity index (χ4n) is 5.45. The summed E-state index contributed by atoms with van der Waals surface area (Å²) in [5, 5.41) is 34.6. The Balaban J connectivity index is 1.78. The minimum absolute atomic E-state index is 0.0984. The average molecular weight is 499 g/mol. The van der Waals surface area contributed by atoms with Gasteiger partial charge in [0.1, 0.15) is 30.2 Å². The molecule has 0 aliphatic carbocycles. The van der Waals surface area contributed by atoms with Crippen LogP contribution in [0.3, 0.4) is 0 Å². The number of carbonyl (C=O) groups excluding carboxylic acids is 1. The summed E-state index contributed by atoms with van der Waals surface area (Å²) < 4.78 is 16.2. The summed E-state index contributed by atoms with van der Waals surface area (Å²) in [6.07, 6.45) is -1.42. The lowest BCUT2D eigenvalue weighted by Crippen LogP contribution is -2.65. The van der Waals surface area contributed by atoms with Crippen LogP contribution in [0.5, 0.6) is 0 Å². The summed E-state index contributed by atoms with van der Waals surface area (Å²) in [5.74, 6) is 0.0911. The van der Waals surface area contributed by atoms with E-state index in [-0.39, 0.29) is 18.4 Å². The number of aliphatic hydroxyl groups is 3. The predicted octanol–water partition coefficient (Wildman–Crippen LogP) is 1.32. The van der Waals surface area contributed by atoms with Crippen LogP contribution in [-0.4, -0.2) is 75.3 Å². The maximum atomic E-state index is 13.6. The van der Waals surface area contributed by atoms with Crippen LogP contribution in [0.15, 0.2) is 13.6 Å². The molecule has 0 bridgehead atoms. The van der Waals surface area contributed by atoms with E-state index < -0.39 is 48.4 Å². The molecule has 2 aliphatic heterocycles. The summed E-state index contributed by atoms with van der Waals surface area (Å²) in [6, 6.07) is -1.02. The second kappa shape index (κ2) is 12.0. The Morgan fingerprint density at radius 1 is 1.09 bits per heavy atom. The largest absolute Gasteiger partial charge is 0.519 e. The number of carbonyl (C=O) groups is 1. The molecule has 0 saturated carbocycles. The van der Waals surface area contributed by atoms with E-state index >= 15 is 0 Å². The minimum Gasteiger partial charge on any atom is -0.396 e. The van der Waals surface area contributed by atoms with Gasteiger partial charge in [0.25, 0.3) is 0 Å². The first-order valence-corrected chi connectivity index (χ1v) is 12.9. The smallest absolute Gasteiger partial charge is 0.396 e. The maximum Gasteiger partial charge on any atom is 0.519 e. The number of ether oxygens (including phenoxy) is 1. The highest BCUT2D eigenvalue weighted by Crippen LogP contribution is 2.31. The Morgan fingerprint density at radius 3 is 2.34 bits per heavy atom. The zero-order chi connectivity index (χ0) is 25.9. The molecule has 35 heavy (non-hydrogen) atoms. The predicted molar refractivity (Wildman–Crippen MR) is 128 cm³/mol. The van der Waals surface area contributed by atoms with Crippen molar-refractivity contribution in [2.75, 3.05) is 6.54 Å². The van der Waals surface area contributed by atoms with Gasteiger partial charge in [0.15, 0.2) is 5.76 Å². The topological polar surface area (TPSA) is 146 Å². The Hall–Kier alpha value is -1.72. The third-order valence-corrected chi connectivity index (χ3v) is 7.38. The highest BCUT2D eigenvalue weighted by Gasteiger charge is 2.48. The summed E-state index contributed by atoms with van der Waals surface area (Å²) in [7, 11) is 0. The van der Waals surface area contributed by atoms with E-state index in [0.717, 1.165) is 19.3 Å². The van der Waals surface area contributed by atoms with Crippen LogP contribution >= 0.6 is 0 Å². The van der Waals surface area contributed by atoms with Crippen molar-refractivity contribution < 1.29 is 33.7 Å². The molecule has 0 unspecified atom stereocenters. The Kier molecular flexibility index (Phi) is 9.56. The van der Waals surface area contributed by atoms with Gasteiger partial charge in [-0.05, 0) is 38.0 Å². The van der Waals surface area contributed by atoms with Crippen molar-refractivity contribution in [3.05, 3.63) is 22.1 Å². The molecule has 200 valence electrons. The van der Waals surface area contributed by atoms with Gasteiger partial charge in [-0.1, -0.05) is 40.5 Å². The molecule has 2 saturated heterocycles. The van der Waals surface area contributed by atoms with E-state index in [1.54, 1.807) is 6.92 Å². The fraction of sp³-hybridized carbons (Fsp3) is 0.840. The van der Waals surface area contributed by atoms with Gasteiger partial charge in [-0.25, -0.2) is 4.79 Å². The summed E-state index contributed by atoms with van der Waals surface area (Å²) in [5.41, 5.74) is 0. The molecule has 1 aromatic rings. The first kappa shape index (κ1) is 27.9. The van der Waals surface area contributed by atoms with E-state index in [1.165, 1.54) is 0 Å². The van der Waals surface area contributed by atoms with Crippen LogP contribution in [0.1, 0.15) is 71.3 Å². The Labute approximate surface area is 206 Å². The van der Waals surface area contributed by atoms with Gasteiger partial charge in [-0.2, -0.15) is 0 Å². The summed E-state index contributed by atoms with van der Waals surface area (Å²) in [6.45, 7) is 10.5. The molecule has 10 nitrogen and oxygen atoms in total. The number of aliphatic hydroxyl groups excluding tert-OH is 3. The average Bonchev–Trinajstić information content (AvgIpc) is 3.34. The molecular formula is C25H42N2O8. The summed E-state index contributed by atoms with van der Waals surface area (Å²) >= 11 is 0. The number of hydrogen-bond donors (Lipinski definition) is 4. The fourth-order valence-corrected chi connectivity index (χ4v) is 5.45. The molecule has 0 spiro atoms. The SMILES string of the molecule is CCC[C@H]1C[C@@H](C(=O)N[C@H](C(C)C)[C@H]2O[C@H](CCC)[C@H](O)[C@@H](O)[C@H]2O)N(Cc2oc(=O)oc2C)C1. The van der Waals surface area contributed by atoms with Gasteiger partial charge in [0.05, 0.1) is 24.7 Å². The molecule has 8 atom stereocenters. The van der Waals surface area contributed by atoms with E-state index in [4.69, 9.17) is 13.6 Å². The number of likely N-dealkylation sites (tertiary alicyclic amines) is 1. The van der Waals surface area contributed by atoms with Crippen molar-refractivity contribution in [2.24, 2.45) is 11.8 Å². The van der Waals surface area contributed by atoms with Crippen LogP contribution in [0.4, 0.5) is 0 Å². The molecule has 2 fully saturated rings. The number of rotatable bonds is 10. The van der Waals surface area contributed by atoms with Crippen LogP contribution < -0.4 is 11.1 Å². The third kappa shape index (κ3) is 6.35. The molecule has 3 rings (SSSR count). The first-order valence-electron chi connectivity index (χ1n) is 12.9. The molecule has 2 aliphatic rings. The molecule has 3 heterocycles. The molecule has 0 aromatic carbocycles. The Bertz CT molecular complexity index is 883. The highest BCUT2D eigenvalue weighted by molar-refractivity contribution is 5.82. The van der Waals surface area contributed by atoms with E-state index in [1.807, 2.05) is 25.7 Å². The number of hydrogen-bond acceptors (Lipinski definition) is 9. The minimum atomic E-state index is -1.35. The summed E-state index contributed by atoms with van der Waals surface area (Å²) in [4.78, 5) is 27.1. The molecule has 1 aromatic heterocycles. The monoisotopic (exact) mass is 498 g/mol. The lowest BCUT2D eigenvalue weighted by molar-refractivity contribution is -0.232. The van der Waals surface area contributed by atoms with E-state index in [9.17, 15) is 24.9 Å². The Morgan fingerprint density at radius 2 is 1.77 bits per heavy atom. The van der Waals surface area contributed by atoms with Gasteiger partial charge in [0, 0.05) is 6.54 Å². The number of nitrogens with one attached hydrogen (secondary N) is 1. The number of nitrogens with zero attached hydrogens (tertiary/aromatic N) is 1. The van der Waals surface area contributed by atoms with Crippen LogP contribution in [0.2, 0.25) is 0 Å². The highest BCUT2D eigenvalue weighted by atomic mass is 16.6. The number of amides is 1. The van der Waals surface area contributed by atoms with Crippen LogP contribution in [-0.2, 0) is 16.1 Å². The zero-order valence-electron chi connectivity index (χ0n) is 21.5. The first-order chi connectivity index (χ1) is 16.6. The zero-order valence-corrected chi connectivity index (χ0v) is 21.5. The van der Waals surface area contributed by atoms with Crippen molar-refractivity contribution in [1.29, 1.82) is 0 Å². The van der Waals surface area contributed by atoms with E-state index in [2.05, 4.69) is 12.2 Å². The van der Waals surface area contributed by atoms with Gasteiger partial charge in [-0.3, -0.25) is 9.69 Å². The second-order valence-corrected chi connectivity index (χ2v) is 10.4. The second-order valence-electron chi connectivity index (χ2n) is 10.4. The number of aryl methyl sites for hydroxylation is 1.